The molecule has 0 saturated heterocycles. The van der Waals surface area contributed by atoms with E-state index in [1.54, 1.807) is 12.1 Å². The van der Waals surface area contributed by atoms with Gasteiger partial charge in [0.2, 0.25) is 0 Å². The molecule has 2 aromatic rings. The largest absolute Gasteiger partial charge is 0.388 e. The first-order chi connectivity index (χ1) is 8.09. The molecule has 1 heterocycles. The Bertz CT molecular complexity index is 529. The lowest BCUT2D eigenvalue weighted by Gasteiger charge is -2.11. The van der Waals surface area contributed by atoms with Crippen LogP contribution < -0.4 is 0 Å². The second-order valence-electron chi connectivity index (χ2n) is 3.61. The van der Waals surface area contributed by atoms with Crippen molar-refractivity contribution >= 4 is 38.9 Å². The minimum atomic E-state index is -0.733. The summed E-state index contributed by atoms with van der Waals surface area (Å²) < 4.78 is 14.5. The van der Waals surface area contributed by atoms with Crippen LogP contribution in [0.15, 0.2) is 33.4 Å². The number of hydrogen-bond donors (Lipinski definition) is 1. The lowest BCUT2D eigenvalue weighted by Crippen LogP contribution is -2.03. The van der Waals surface area contributed by atoms with Gasteiger partial charge in [-0.2, -0.15) is 11.3 Å². The molecule has 1 nitrogen and oxygen atoms in total. The van der Waals surface area contributed by atoms with Crippen molar-refractivity contribution in [3.8, 4) is 0 Å². The Labute approximate surface area is 116 Å². The first kappa shape index (κ1) is 13.0. The zero-order chi connectivity index (χ0) is 12.4. The van der Waals surface area contributed by atoms with Gasteiger partial charge in [0, 0.05) is 21.8 Å². The predicted octanol–water partition coefficient (Wildman–Crippen LogP) is 4.58. The smallest absolute Gasteiger partial charge is 0.145 e. The van der Waals surface area contributed by atoms with E-state index in [1.807, 2.05) is 10.8 Å². The second-order valence-corrected chi connectivity index (χ2v) is 5.61. The molecule has 0 saturated carbocycles. The fourth-order valence-corrected chi connectivity index (χ4v) is 3.36. The second kappa shape index (κ2) is 5.48. The Balaban J connectivity index is 2.22. The summed E-state index contributed by atoms with van der Waals surface area (Å²) in [6, 6.07) is 4.80. The Kier molecular flexibility index (Phi) is 4.20. The normalized spacial score (nSPS) is 12.7. The van der Waals surface area contributed by atoms with E-state index in [2.05, 4.69) is 15.9 Å². The highest BCUT2D eigenvalue weighted by Crippen LogP contribution is 2.30. The number of hydrogen-bond acceptors (Lipinski definition) is 2. The Morgan fingerprint density at radius 3 is 2.82 bits per heavy atom. The van der Waals surface area contributed by atoms with E-state index < -0.39 is 11.9 Å². The quantitative estimate of drug-likeness (QED) is 0.870. The monoisotopic (exact) mass is 334 g/mol. The third-order valence-corrected chi connectivity index (χ3v) is 4.49. The van der Waals surface area contributed by atoms with Crippen LogP contribution in [0.3, 0.4) is 0 Å². The Morgan fingerprint density at radius 1 is 1.41 bits per heavy atom. The zero-order valence-corrected chi connectivity index (χ0v) is 11.8. The summed E-state index contributed by atoms with van der Waals surface area (Å²) in [5.74, 6) is -0.459. The van der Waals surface area contributed by atoms with Gasteiger partial charge in [-0.15, -0.1) is 0 Å². The molecular formula is C12H9BrClFOS. The van der Waals surface area contributed by atoms with E-state index in [0.29, 0.717) is 5.56 Å². The third-order valence-electron chi connectivity index (χ3n) is 2.45. The fourth-order valence-electron chi connectivity index (χ4n) is 1.55. The average molecular weight is 336 g/mol. The number of aliphatic hydroxyl groups excluding tert-OH is 1. The van der Waals surface area contributed by atoms with E-state index in [9.17, 15) is 9.50 Å². The Hall–Kier alpha value is -0.420. The van der Waals surface area contributed by atoms with Crippen molar-refractivity contribution in [1.82, 2.24) is 0 Å². The summed E-state index contributed by atoms with van der Waals surface area (Å²) in [6.07, 6.45) is -0.523. The molecule has 5 heteroatoms. The highest BCUT2D eigenvalue weighted by Gasteiger charge is 2.16. The molecule has 17 heavy (non-hydrogen) atoms. The summed E-state index contributed by atoms with van der Waals surface area (Å²) in [4.78, 5) is 0. The van der Waals surface area contributed by atoms with Crippen LogP contribution in [0.25, 0.3) is 0 Å². The number of benzene rings is 1. The van der Waals surface area contributed by atoms with E-state index in [4.69, 9.17) is 11.6 Å². The van der Waals surface area contributed by atoms with Gasteiger partial charge in [-0.3, -0.25) is 0 Å². The van der Waals surface area contributed by atoms with Gasteiger partial charge < -0.3 is 5.11 Å². The van der Waals surface area contributed by atoms with Crippen LogP contribution in [0.2, 0.25) is 5.02 Å². The van der Waals surface area contributed by atoms with Crippen LogP contribution in [0.4, 0.5) is 4.39 Å². The lowest BCUT2D eigenvalue weighted by molar-refractivity contribution is 0.177. The first-order valence-corrected chi connectivity index (χ1v) is 7.03. The van der Waals surface area contributed by atoms with E-state index >= 15 is 0 Å². The summed E-state index contributed by atoms with van der Waals surface area (Å²) in [7, 11) is 0. The molecule has 0 spiro atoms. The molecule has 1 unspecified atom stereocenters. The molecule has 0 radical (unpaired) electrons. The van der Waals surface area contributed by atoms with Gasteiger partial charge in [-0.05, 0) is 32.9 Å². The van der Waals surface area contributed by atoms with Crippen LogP contribution in [0, 0.1) is 5.82 Å². The molecule has 0 aliphatic heterocycles. The van der Waals surface area contributed by atoms with E-state index in [1.165, 1.54) is 17.4 Å². The predicted molar refractivity (Wildman–Crippen MR) is 72.1 cm³/mol. The maximum absolute atomic E-state index is 13.7. The maximum Gasteiger partial charge on any atom is 0.145 e. The van der Waals surface area contributed by atoms with Gasteiger partial charge in [0.15, 0.2) is 0 Å². The van der Waals surface area contributed by atoms with Crippen LogP contribution in [-0.2, 0) is 6.42 Å². The molecule has 0 fully saturated rings. The topological polar surface area (TPSA) is 20.2 Å². The summed E-state index contributed by atoms with van der Waals surface area (Å²) >= 11 is 10.5. The van der Waals surface area contributed by atoms with Crippen molar-refractivity contribution in [1.29, 1.82) is 0 Å². The third kappa shape index (κ3) is 2.88. The number of rotatable bonds is 3. The molecule has 0 bridgehead atoms. The molecule has 0 aliphatic carbocycles. The number of halogens is 3. The minimum Gasteiger partial charge on any atom is -0.388 e. The fraction of sp³-hybridized carbons (Fsp3) is 0.167. The highest BCUT2D eigenvalue weighted by molar-refractivity contribution is 9.10. The van der Waals surface area contributed by atoms with Crippen LogP contribution in [0.1, 0.15) is 17.2 Å². The van der Waals surface area contributed by atoms with Gasteiger partial charge in [0.05, 0.1) is 11.1 Å². The molecule has 2 rings (SSSR count). The van der Waals surface area contributed by atoms with E-state index in [-0.39, 0.29) is 11.4 Å². The molecular weight excluding hydrogens is 327 g/mol. The van der Waals surface area contributed by atoms with Gasteiger partial charge >= 0.3 is 0 Å². The number of aliphatic hydroxyl groups is 1. The van der Waals surface area contributed by atoms with Gasteiger partial charge in [0.25, 0.3) is 0 Å². The van der Waals surface area contributed by atoms with E-state index in [0.717, 1.165) is 10.0 Å². The lowest BCUT2D eigenvalue weighted by atomic mass is 10.0. The van der Waals surface area contributed by atoms with Crippen molar-refractivity contribution in [2.45, 2.75) is 12.5 Å². The molecule has 90 valence electrons. The summed E-state index contributed by atoms with van der Waals surface area (Å²) in [5.41, 5.74) is 1.19. The number of thiophene rings is 1. The van der Waals surface area contributed by atoms with Gasteiger partial charge in [0.1, 0.15) is 5.82 Å². The van der Waals surface area contributed by atoms with Gasteiger partial charge in [-0.1, -0.05) is 23.7 Å². The van der Waals surface area contributed by atoms with Crippen molar-refractivity contribution in [3.63, 3.8) is 0 Å². The SMILES string of the molecule is OC(Cc1cccc(Cl)c1F)c1cscc1Br. The van der Waals surface area contributed by atoms with Crippen molar-refractivity contribution in [2.24, 2.45) is 0 Å². The Morgan fingerprint density at radius 2 is 2.18 bits per heavy atom. The average Bonchev–Trinajstić information content (AvgIpc) is 2.71. The van der Waals surface area contributed by atoms with Crippen LogP contribution >= 0.6 is 38.9 Å². The molecule has 0 amide bonds. The maximum atomic E-state index is 13.7. The van der Waals surface area contributed by atoms with Crippen molar-refractivity contribution in [2.75, 3.05) is 0 Å². The van der Waals surface area contributed by atoms with Crippen molar-refractivity contribution < 1.29 is 9.50 Å². The minimum absolute atomic E-state index is 0.0825. The summed E-state index contributed by atoms with van der Waals surface area (Å²) in [5, 5.41) is 13.8. The first-order valence-electron chi connectivity index (χ1n) is 4.92. The molecule has 1 N–H and O–H groups in total. The van der Waals surface area contributed by atoms with Crippen molar-refractivity contribution in [3.05, 3.63) is 55.4 Å². The summed E-state index contributed by atoms with van der Waals surface area (Å²) in [6.45, 7) is 0. The molecule has 1 atom stereocenters. The molecule has 1 aromatic heterocycles. The molecule has 0 aliphatic rings. The van der Waals surface area contributed by atoms with Gasteiger partial charge in [-0.25, -0.2) is 4.39 Å². The highest BCUT2D eigenvalue weighted by atomic mass is 79.9. The standard InChI is InChI=1S/C12H9BrClFOS/c13-9-6-17-5-8(9)11(16)4-7-2-1-3-10(14)12(7)15/h1-3,5-6,11,16H,4H2. The van der Waals surface area contributed by atoms with Crippen LogP contribution in [0.5, 0.6) is 0 Å². The zero-order valence-electron chi connectivity index (χ0n) is 8.66. The van der Waals surface area contributed by atoms with Crippen LogP contribution in [-0.4, -0.2) is 5.11 Å². The molecule has 1 aromatic carbocycles.